The summed E-state index contributed by atoms with van der Waals surface area (Å²) in [5.41, 5.74) is 2.33. The van der Waals surface area contributed by atoms with Crippen LogP contribution in [0.4, 0.5) is 5.69 Å². The monoisotopic (exact) mass is 467 g/mol. The van der Waals surface area contributed by atoms with Gasteiger partial charge in [-0.05, 0) is 61.9 Å². The number of hydrogen-bond acceptors (Lipinski definition) is 5. The first-order chi connectivity index (χ1) is 15.6. The Morgan fingerprint density at radius 1 is 1.03 bits per heavy atom. The summed E-state index contributed by atoms with van der Waals surface area (Å²) < 4.78 is 35.0. The molecule has 0 spiro atoms. The van der Waals surface area contributed by atoms with Gasteiger partial charge in [-0.2, -0.15) is 0 Å². The summed E-state index contributed by atoms with van der Waals surface area (Å²) >= 11 is 0. The van der Waals surface area contributed by atoms with E-state index in [9.17, 15) is 18.0 Å². The van der Waals surface area contributed by atoms with Crippen molar-refractivity contribution in [2.24, 2.45) is 7.05 Å². The quantitative estimate of drug-likeness (QED) is 0.601. The van der Waals surface area contributed by atoms with Crippen molar-refractivity contribution in [2.75, 3.05) is 17.8 Å². The van der Waals surface area contributed by atoms with Crippen molar-refractivity contribution in [3.63, 3.8) is 0 Å². The van der Waals surface area contributed by atoms with Crippen LogP contribution >= 0.6 is 0 Å². The Kier molecular flexibility index (Phi) is 5.99. The molecule has 2 aromatic carbocycles. The van der Waals surface area contributed by atoms with Gasteiger partial charge in [-0.25, -0.2) is 8.42 Å². The lowest BCUT2D eigenvalue weighted by Crippen LogP contribution is -2.56. The van der Waals surface area contributed by atoms with E-state index in [0.717, 1.165) is 11.3 Å². The number of aromatic nitrogens is 1. The number of carbonyl (C=O) groups is 1. The molecule has 1 fully saturated rings. The van der Waals surface area contributed by atoms with Crippen LogP contribution in [-0.4, -0.2) is 43.0 Å². The van der Waals surface area contributed by atoms with Gasteiger partial charge < -0.3 is 14.2 Å². The van der Waals surface area contributed by atoms with E-state index >= 15 is 0 Å². The van der Waals surface area contributed by atoms with Gasteiger partial charge in [0, 0.05) is 30.1 Å². The number of carbonyl (C=O) groups excluding carboxylic acids is 1. The minimum atomic E-state index is -3.71. The van der Waals surface area contributed by atoms with Crippen molar-refractivity contribution in [1.29, 1.82) is 0 Å². The van der Waals surface area contributed by atoms with Gasteiger partial charge >= 0.3 is 0 Å². The Labute approximate surface area is 192 Å². The van der Waals surface area contributed by atoms with Crippen molar-refractivity contribution >= 4 is 21.6 Å². The predicted octanol–water partition coefficient (Wildman–Crippen LogP) is 2.71. The molecule has 1 aliphatic heterocycles. The molecule has 0 saturated carbocycles. The number of ether oxygens (including phenoxy) is 1. The number of amides is 1. The molecule has 9 heteroatoms. The van der Waals surface area contributed by atoms with E-state index < -0.39 is 10.0 Å². The van der Waals surface area contributed by atoms with Crippen molar-refractivity contribution in [3.8, 4) is 5.75 Å². The first-order valence-corrected chi connectivity index (χ1v) is 11.9. The maximum atomic E-state index is 12.7. The number of pyridine rings is 1. The predicted molar refractivity (Wildman–Crippen MR) is 125 cm³/mol. The second-order valence-electron chi connectivity index (χ2n) is 8.18. The molecule has 4 rings (SSSR count). The fraction of sp³-hybridized carbons (Fsp3) is 0.250. The molecule has 33 heavy (non-hydrogen) atoms. The Morgan fingerprint density at radius 2 is 1.73 bits per heavy atom. The number of likely N-dealkylation sites (tertiary alicyclic amines) is 1. The summed E-state index contributed by atoms with van der Waals surface area (Å²) in [5, 5.41) is 0. The van der Waals surface area contributed by atoms with Gasteiger partial charge in [-0.15, -0.1) is 0 Å². The van der Waals surface area contributed by atoms with Crippen LogP contribution in [0.5, 0.6) is 5.75 Å². The second kappa shape index (κ2) is 8.74. The minimum absolute atomic E-state index is 0.143. The van der Waals surface area contributed by atoms with Crippen LogP contribution in [-0.2, 0) is 17.1 Å². The Balaban J connectivity index is 1.35. The zero-order valence-electron chi connectivity index (χ0n) is 18.6. The highest BCUT2D eigenvalue weighted by atomic mass is 32.2. The van der Waals surface area contributed by atoms with E-state index in [0.29, 0.717) is 30.1 Å². The number of nitrogens with zero attached hydrogens (tertiary/aromatic N) is 2. The SMILES string of the molecule is Cc1cccc(S(=O)(=O)Nc2ccc(C(=O)N3CC(Oc4cc(C)n(C)c(=O)c4)C3)cc2)c1. The molecule has 1 N–H and O–H groups in total. The standard InChI is InChI=1S/C24H25N3O5S/c1-16-5-4-6-22(11-16)33(30,31)25-19-9-7-18(8-10-19)24(29)27-14-21(15-27)32-20-12-17(2)26(3)23(28)13-20/h4-13,21,25H,14-15H2,1-3H3. The first-order valence-electron chi connectivity index (χ1n) is 10.5. The van der Waals surface area contributed by atoms with E-state index in [1.165, 1.54) is 16.7 Å². The molecule has 1 saturated heterocycles. The van der Waals surface area contributed by atoms with Crippen LogP contribution in [0.15, 0.2) is 70.4 Å². The van der Waals surface area contributed by atoms with Gasteiger partial charge in [0.15, 0.2) is 0 Å². The van der Waals surface area contributed by atoms with Gasteiger partial charge in [-0.3, -0.25) is 14.3 Å². The number of sulfonamides is 1. The summed E-state index contributed by atoms with van der Waals surface area (Å²) in [6, 6.07) is 16.2. The van der Waals surface area contributed by atoms with E-state index in [2.05, 4.69) is 4.72 Å². The average Bonchev–Trinajstić information content (AvgIpc) is 2.74. The molecule has 3 aromatic rings. The molecule has 0 aliphatic carbocycles. The van der Waals surface area contributed by atoms with Crippen LogP contribution < -0.4 is 15.0 Å². The fourth-order valence-corrected chi connectivity index (χ4v) is 4.70. The summed E-state index contributed by atoms with van der Waals surface area (Å²) in [7, 11) is -2.01. The van der Waals surface area contributed by atoms with Crippen molar-refractivity contribution in [1.82, 2.24) is 9.47 Å². The highest BCUT2D eigenvalue weighted by Crippen LogP contribution is 2.22. The van der Waals surface area contributed by atoms with Gasteiger partial charge in [-0.1, -0.05) is 12.1 Å². The maximum Gasteiger partial charge on any atom is 0.261 e. The van der Waals surface area contributed by atoms with Gasteiger partial charge in [0.2, 0.25) is 0 Å². The number of aryl methyl sites for hydroxylation is 2. The molecule has 0 atom stereocenters. The van der Waals surface area contributed by atoms with Crippen molar-refractivity contribution in [2.45, 2.75) is 24.8 Å². The molecule has 172 valence electrons. The topological polar surface area (TPSA) is 97.7 Å². The van der Waals surface area contributed by atoms with Crippen molar-refractivity contribution in [3.05, 3.63) is 87.8 Å². The Morgan fingerprint density at radius 3 is 2.36 bits per heavy atom. The lowest BCUT2D eigenvalue weighted by molar-refractivity contribution is 0.0176. The number of anilines is 1. The van der Waals surface area contributed by atoms with Crippen LogP contribution in [0.3, 0.4) is 0 Å². The lowest BCUT2D eigenvalue weighted by atomic mass is 10.1. The van der Waals surface area contributed by atoms with Crippen LogP contribution in [0.1, 0.15) is 21.6 Å². The van der Waals surface area contributed by atoms with Crippen LogP contribution in [0.2, 0.25) is 0 Å². The lowest BCUT2D eigenvalue weighted by Gasteiger charge is -2.39. The van der Waals surface area contributed by atoms with E-state index in [1.807, 2.05) is 19.9 Å². The van der Waals surface area contributed by atoms with Crippen LogP contribution in [0, 0.1) is 13.8 Å². The minimum Gasteiger partial charge on any atom is -0.486 e. The third kappa shape index (κ3) is 4.93. The average molecular weight is 468 g/mol. The van der Waals surface area contributed by atoms with Crippen molar-refractivity contribution < 1.29 is 17.9 Å². The zero-order valence-corrected chi connectivity index (χ0v) is 19.4. The molecule has 0 bridgehead atoms. The second-order valence-corrected chi connectivity index (χ2v) is 9.86. The molecule has 1 amide bonds. The summed E-state index contributed by atoms with van der Waals surface area (Å²) in [6.45, 7) is 4.48. The van der Waals surface area contributed by atoms with Crippen LogP contribution in [0.25, 0.3) is 0 Å². The number of rotatable bonds is 6. The molecule has 8 nitrogen and oxygen atoms in total. The van der Waals surface area contributed by atoms with Gasteiger partial charge in [0.05, 0.1) is 18.0 Å². The number of nitrogens with one attached hydrogen (secondary N) is 1. The summed E-state index contributed by atoms with van der Waals surface area (Å²) in [6.07, 6.45) is -0.180. The molecule has 2 heterocycles. The fourth-order valence-electron chi connectivity index (χ4n) is 3.54. The largest absolute Gasteiger partial charge is 0.486 e. The zero-order chi connectivity index (χ0) is 23.8. The van der Waals surface area contributed by atoms with E-state index in [4.69, 9.17) is 4.74 Å². The molecule has 0 unspecified atom stereocenters. The molecule has 0 radical (unpaired) electrons. The highest BCUT2D eigenvalue weighted by Gasteiger charge is 2.33. The van der Waals surface area contributed by atoms with E-state index in [1.54, 1.807) is 54.4 Å². The molecule has 1 aliphatic rings. The smallest absolute Gasteiger partial charge is 0.261 e. The van der Waals surface area contributed by atoms with Gasteiger partial charge in [0.25, 0.3) is 21.5 Å². The third-order valence-electron chi connectivity index (χ3n) is 5.60. The number of hydrogen-bond donors (Lipinski definition) is 1. The Bertz CT molecular complexity index is 1360. The molecular weight excluding hydrogens is 442 g/mol. The maximum absolute atomic E-state index is 12.7. The Hall–Kier alpha value is -3.59. The molecular formula is C24H25N3O5S. The highest BCUT2D eigenvalue weighted by molar-refractivity contribution is 7.92. The third-order valence-corrected chi connectivity index (χ3v) is 6.98. The number of benzene rings is 2. The summed E-state index contributed by atoms with van der Waals surface area (Å²) in [4.78, 5) is 26.4. The van der Waals surface area contributed by atoms with E-state index in [-0.39, 0.29) is 22.5 Å². The van der Waals surface area contributed by atoms with Gasteiger partial charge in [0.1, 0.15) is 11.9 Å². The molecule has 1 aromatic heterocycles. The summed E-state index contributed by atoms with van der Waals surface area (Å²) in [5.74, 6) is 0.334. The first kappa shape index (κ1) is 22.6. The normalized spacial score (nSPS) is 14.0.